The summed E-state index contributed by atoms with van der Waals surface area (Å²) in [5.41, 5.74) is 14.4. The van der Waals surface area contributed by atoms with Crippen molar-refractivity contribution < 1.29 is 4.42 Å². The molecule has 0 aliphatic heterocycles. The fourth-order valence-electron chi connectivity index (χ4n) is 9.82. The summed E-state index contributed by atoms with van der Waals surface area (Å²) in [4.78, 5) is 15.7. The fourth-order valence-corrected chi connectivity index (χ4v) is 9.82. The third kappa shape index (κ3) is 4.15. The summed E-state index contributed by atoms with van der Waals surface area (Å²) in [6.07, 6.45) is 4.04. The quantitative estimate of drug-likeness (QED) is 0.177. The molecule has 5 nitrogen and oxygen atoms in total. The fraction of sp³-hybridized carbons (Fsp3) is 0.0192. The van der Waals surface area contributed by atoms with Crippen molar-refractivity contribution in [1.29, 1.82) is 0 Å². The molecule has 3 heterocycles. The molecule has 0 N–H and O–H groups in total. The highest BCUT2D eigenvalue weighted by atomic mass is 16.3. The highest BCUT2D eigenvalue weighted by Crippen LogP contribution is 2.64. The van der Waals surface area contributed by atoms with Gasteiger partial charge in [0.25, 0.3) is 0 Å². The molecule has 2 aliphatic rings. The van der Waals surface area contributed by atoms with Crippen LogP contribution in [0, 0.1) is 0 Å². The minimum absolute atomic E-state index is 0.539. The van der Waals surface area contributed by atoms with Gasteiger partial charge in [-0.15, -0.1) is 0 Å². The minimum atomic E-state index is -0.607. The summed E-state index contributed by atoms with van der Waals surface area (Å²) in [7, 11) is 0. The van der Waals surface area contributed by atoms with Crippen LogP contribution in [0.25, 0.3) is 89.2 Å². The van der Waals surface area contributed by atoms with Gasteiger partial charge in [0.15, 0.2) is 11.6 Å². The zero-order valence-electron chi connectivity index (χ0n) is 30.8. The second kappa shape index (κ2) is 11.7. The molecule has 0 bridgehead atoms. The van der Waals surface area contributed by atoms with Crippen LogP contribution in [0.5, 0.6) is 0 Å². The third-order valence-electron chi connectivity index (χ3n) is 12.1. The van der Waals surface area contributed by atoms with Crippen LogP contribution in [0.4, 0.5) is 0 Å². The van der Waals surface area contributed by atoms with Crippen molar-refractivity contribution in [1.82, 2.24) is 19.5 Å². The summed E-state index contributed by atoms with van der Waals surface area (Å²) in [6, 6.07) is 55.2. The van der Waals surface area contributed by atoms with E-state index < -0.39 is 5.41 Å². The van der Waals surface area contributed by atoms with Crippen LogP contribution in [0.2, 0.25) is 0 Å². The number of para-hydroxylation sites is 2. The number of hydrogen-bond donors (Lipinski definition) is 0. The average molecular weight is 729 g/mol. The van der Waals surface area contributed by atoms with Crippen molar-refractivity contribution in [3.05, 3.63) is 211 Å². The van der Waals surface area contributed by atoms with E-state index in [0.717, 1.165) is 66.0 Å². The molecule has 0 saturated heterocycles. The Morgan fingerprint density at radius 3 is 1.98 bits per heavy atom. The Balaban J connectivity index is 1.18. The lowest BCUT2D eigenvalue weighted by atomic mass is 9.68. The van der Waals surface area contributed by atoms with Crippen molar-refractivity contribution in [2.24, 2.45) is 0 Å². The molecule has 3 aromatic heterocycles. The van der Waals surface area contributed by atoms with Crippen molar-refractivity contribution >= 4 is 49.3 Å². The van der Waals surface area contributed by atoms with Crippen molar-refractivity contribution in [2.75, 3.05) is 0 Å². The van der Waals surface area contributed by atoms with Gasteiger partial charge in [-0.2, -0.15) is 9.97 Å². The largest absolute Gasteiger partial charge is 0.456 e. The highest BCUT2D eigenvalue weighted by molar-refractivity contribution is 6.16. The van der Waals surface area contributed by atoms with Gasteiger partial charge < -0.3 is 4.42 Å². The molecular formula is C52H32N4O. The van der Waals surface area contributed by atoms with Gasteiger partial charge in [-0.3, -0.25) is 4.57 Å². The minimum Gasteiger partial charge on any atom is -0.456 e. The van der Waals surface area contributed by atoms with Crippen LogP contribution < -0.4 is 0 Å². The van der Waals surface area contributed by atoms with E-state index in [1.54, 1.807) is 0 Å². The summed E-state index contributed by atoms with van der Waals surface area (Å²) < 4.78 is 8.54. The number of fused-ring (bicyclic) bond motifs is 14. The van der Waals surface area contributed by atoms with E-state index in [4.69, 9.17) is 19.4 Å². The second-order valence-electron chi connectivity index (χ2n) is 14.8. The topological polar surface area (TPSA) is 56.7 Å². The highest BCUT2D eigenvalue weighted by Gasteiger charge is 2.53. The first-order valence-electron chi connectivity index (χ1n) is 19.2. The number of benzene rings is 7. The zero-order chi connectivity index (χ0) is 37.8. The first-order valence-corrected chi connectivity index (χ1v) is 19.2. The maximum atomic E-state index is 6.33. The molecule has 0 radical (unpaired) electrons. The number of allylic oxidation sites excluding steroid dienone is 4. The number of rotatable bonds is 5. The predicted octanol–water partition coefficient (Wildman–Crippen LogP) is 12.7. The van der Waals surface area contributed by atoms with E-state index in [0.29, 0.717) is 17.6 Å². The van der Waals surface area contributed by atoms with Crippen LogP contribution in [-0.4, -0.2) is 19.5 Å². The lowest BCUT2D eigenvalue weighted by Crippen LogP contribution is -2.27. The molecule has 5 heteroatoms. The van der Waals surface area contributed by atoms with Crippen LogP contribution in [0.3, 0.4) is 0 Å². The van der Waals surface area contributed by atoms with Gasteiger partial charge in [-0.1, -0.05) is 153 Å². The number of furan rings is 1. The van der Waals surface area contributed by atoms with Gasteiger partial charge in [-0.25, -0.2) is 4.98 Å². The third-order valence-corrected chi connectivity index (χ3v) is 12.1. The Hall–Kier alpha value is -7.63. The van der Waals surface area contributed by atoms with Gasteiger partial charge in [0.05, 0.1) is 16.4 Å². The number of nitrogens with zero attached hydrogens (tertiary/aromatic N) is 4. The van der Waals surface area contributed by atoms with Crippen LogP contribution in [-0.2, 0) is 5.41 Å². The van der Waals surface area contributed by atoms with Gasteiger partial charge in [0.2, 0.25) is 5.95 Å². The van der Waals surface area contributed by atoms with E-state index in [9.17, 15) is 0 Å². The molecular weight excluding hydrogens is 697 g/mol. The molecule has 12 rings (SSSR count). The predicted molar refractivity (Wildman–Crippen MR) is 231 cm³/mol. The van der Waals surface area contributed by atoms with Crippen LogP contribution in [0.15, 0.2) is 193 Å². The molecule has 1 unspecified atom stereocenters. The first-order chi connectivity index (χ1) is 28.2. The lowest BCUT2D eigenvalue weighted by molar-refractivity contribution is 0.669. The molecule has 0 saturated carbocycles. The van der Waals surface area contributed by atoms with E-state index in [2.05, 4.69) is 121 Å². The Morgan fingerprint density at radius 1 is 0.509 bits per heavy atom. The van der Waals surface area contributed by atoms with Gasteiger partial charge >= 0.3 is 0 Å². The first kappa shape index (κ1) is 31.7. The average Bonchev–Trinajstić information content (AvgIpc) is 3.99. The molecule has 10 aromatic rings. The standard InChI is InChI=1S/C52H32N4O/c1-3-33-34-18-8-12-22-41(34)52(40(33)4-2)42-23-13-9-19-35(42)38-28-29-44-47(48(38)52)39-21-10-14-24-43(39)56(44)51-54-49(31-16-6-5-7-17-31)53-50(55-51)32-26-27-37-36-20-11-15-25-45(36)57-46(37)30-32/h3-30H,1-2H2. The van der Waals surface area contributed by atoms with Crippen molar-refractivity contribution in [3.63, 3.8) is 0 Å². The van der Waals surface area contributed by atoms with Gasteiger partial charge in [0, 0.05) is 32.7 Å². The monoisotopic (exact) mass is 728 g/mol. The Labute approximate surface area is 328 Å². The Morgan fingerprint density at radius 2 is 1.18 bits per heavy atom. The van der Waals surface area contributed by atoms with Gasteiger partial charge in [-0.05, 0) is 74.9 Å². The zero-order valence-corrected chi connectivity index (χ0v) is 30.8. The molecule has 7 aromatic carbocycles. The molecule has 1 spiro atoms. The summed E-state index contributed by atoms with van der Waals surface area (Å²) >= 11 is 0. The van der Waals surface area contributed by atoms with Crippen LogP contribution >= 0.6 is 0 Å². The molecule has 0 fully saturated rings. The number of aromatic nitrogens is 4. The Bertz CT molecular complexity index is 3400. The van der Waals surface area contributed by atoms with E-state index in [-0.39, 0.29) is 0 Å². The molecule has 57 heavy (non-hydrogen) atoms. The normalized spacial score (nSPS) is 15.5. The van der Waals surface area contributed by atoms with E-state index in [1.807, 2.05) is 66.7 Å². The molecule has 2 aliphatic carbocycles. The lowest BCUT2D eigenvalue weighted by Gasteiger charge is -2.32. The second-order valence-corrected chi connectivity index (χ2v) is 14.8. The molecule has 1 atom stereocenters. The summed E-state index contributed by atoms with van der Waals surface area (Å²) in [5, 5.41) is 4.42. The number of hydrogen-bond acceptors (Lipinski definition) is 4. The van der Waals surface area contributed by atoms with Crippen molar-refractivity contribution in [2.45, 2.75) is 5.41 Å². The van der Waals surface area contributed by atoms with Crippen LogP contribution in [0.1, 0.15) is 22.3 Å². The van der Waals surface area contributed by atoms with E-state index in [1.165, 1.54) is 33.4 Å². The van der Waals surface area contributed by atoms with E-state index >= 15 is 0 Å². The summed E-state index contributed by atoms with van der Waals surface area (Å²) in [6.45, 7) is 8.77. The maximum absolute atomic E-state index is 6.33. The molecule has 0 amide bonds. The SMILES string of the molecule is C=CC1=C(C=C)C2(c3ccccc31)c1ccccc1-c1ccc3c(c12)c1ccccc1n3-c1nc(-c2ccccc2)nc(-c2ccc3c(c2)oc2ccccc23)n1. The molecule has 266 valence electrons. The maximum Gasteiger partial charge on any atom is 0.238 e. The smallest absolute Gasteiger partial charge is 0.238 e. The Kier molecular flexibility index (Phi) is 6.50. The summed E-state index contributed by atoms with van der Waals surface area (Å²) in [5.74, 6) is 1.69. The van der Waals surface area contributed by atoms with Crippen molar-refractivity contribution in [3.8, 4) is 39.9 Å². The van der Waals surface area contributed by atoms with Gasteiger partial charge in [0.1, 0.15) is 11.2 Å².